The van der Waals surface area contributed by atoms with E-state index in [0.717, 1.165) is 24.8 Å². The van der Waals surface area contributed by atoms with Crippen LogP contribution in [0.5, 0.6) is 5.75 Å². The predicted molar refractivity (Wildman–Crippen MR) is 89.5 cm³/mol. The largest absolute Gasteiger partial charge is 0.490 e. The van der Waals surface area contributed by atoms with E-state index in [1.807, 2.05) is 18.2 Å². The molecule has 0 spiro atoms. The second-order valence-electron chi connectivity index (χ2n) is 5.82. The molecule has 0 N–H and O–H groups in total. The minimum absolute atomic E-state index is 0.0103. The van der Waals surface area contributed by atoms with E-state index in [4.69, 9.17) is 13.9 Å². The summed E-state index contributed by atoms with van der Waals surface area (Å²) in [5.74, 6) is -0.228. The molecule has 1 fully saturated rings. The molecule has 3 heterocycles. The van der Waals surface area contributed by atoms with Crippen LogP contribution in [-0.2, 0) is 11.3 Å². The van der Waals surface area contributed by atoms with Crippen LogP contribution in [-0.4, -0.2) is 42.1 Å². The van der Waals surface area contributed by atoms with Gasteiger partial charge in [0.25, 0.3) is 5.91 Å². The second-order valence-corrected chi connectivity index (χ2v) is 5.82. The van der Waals surface area contributed by atoms with Gasteiger partial charge in [0.05, 0.1) is 25.5 Å². The van der Waals surface area contributed by atoms with Crippen molar-refractivity contribution in [2.24, 2.45) is 0 Å². The van der Waals surface area contributed by atoms with Crippen molar-refractivity contribution < 1.29 is 18.7 Å². The number of methoxy groups -OCH3 is 1. The maximum Gasteiger partial charge on any atom is 0.289 e. The zero-order chi connectivity index (χ0) is 17.6. The van der Waals surface area contributed by atoms with Gasteiger partial charge in [0.1, 0.15) is 6.26 Å². The van der Waals surface area contributed by atoms with Gasteiger partial charge >= 0.3 is 0 Å². The van der Waals surface area contributed by atoms with Crippen LogP contribution in [0.25, 0.3) is 0 Å². The Morgan fingerprint density at radius 1 is 1.44 bits per heavy atom. The fourth-order valence-corrected chi connectivity index (χ4v) is 2.76. The van der Waals surface area contributed by atoms with E-state index in [1.54, 1.807) is 11.1 Å². The fourth-order valence-electron chi connectivity index (χ4n) is 2.76. The van der Waals surface area contributed by atoms with Crippen molar-refractivity contribution in [2.75, 3.05) is 20.2 Å². The molecule has 25 heavy (non-hydrogen) atoms. The van der Waals surface area contributed by atoms with Gasteiger partial charge in [-0.3, -0.25) is 14.6 Å². The van der Waals surface area contributed by atoms with Crippen molar-refractivity contribution in [3.8, 4) is 5.75 Å². The SMILES string of the molecule is COc1coc(C(=O)N2CCCC(OCc3ccccn3)C2)cc1=O. The van der Waals surface area contributed by atoms with Gasteiger partial charge in [0, 0.05) is 25.4 Å². The van der Waals surface area contributed by atoms with E-state index in [0.29, 0.717) is 19.7 Å². The van der Waals surface area contributed by atoms with E-state index < -0.39 is 0 Å². The number of ether oxygens (including phenoxy) is 2. The highest BCUT2D eigenvalue weighted by Gasteiger charge is 2.26. The third kappa shape index (κ3) is 4.24. The third-order valence-electron chi connectivity index (χ3n) is 4.09. The molecule has 132 valence electrons. The number of piperidine rings is 1. The van der Waals surface area contributed by atoms with Crippen LogP contribution >= 0.6 is 0 Å². The van der Waals surface area contributed by atoms with Crippen molar-refractivity contribution >= 4 is 5.91 Å². The van der Waals surface area contributed by atoms with Crippen LogP contribution in [0, 0.1) is 0 Å². The van der Waals surface area contributed by atoms with Crippen LogP contribution in [0.3, 0.4) is 0 Å². The number of nitrogens with zero attached hydrogens (tertiary/aromatic N) is 2. The third-order valence-corrected chi connectivity index (χ3v) is 4.09. The smallest absolute Gasteiger partial charge is 0.289 e. The minimum Gasteiger partial charge on any atom is -0.490 e. The van der Waals surface area contributed by atoms with Crippen molar-refractivity contribution in [3.05, 3.63) is 58.4 Å². The molecule has 1 aliphatic rings. The van der Waals surface area contributed by atoms with Crippen molar-refractivity contribution in [2.45, 2.75) is 25.6 Å². The zero-order valence-corrected chi connectivity index (χ0v) is 14.0. The molecule has 0 aliphatic carbocycles. The summed E-state index contributed by atoms with van der Waals surface area (Å²) in [6, 6.07) is 6.83. The second kappa shape index (κ2) is 7.94. The van der Waals surface area contributed by atoms with Gasteiger partial charge in [0.2, 0.25) is 11.2 Å². The summed E-state index contributed by atoms with van der Waals surface area (Å²) in [4.78, 5) is 30.2. The Bertz CT molecular complexity index is 775. The molecule has 1 atom stereocenters. The number of likely N-dealkylation sites (tertiary alicyclic amines) is 1. The predicted octanol–water partition coefficient (Wildman–Crippen LogP) is 1.86. The molecule has 3 rings (SSSR count). The number of pyridine rings is 1. The van der Waals surface area contributed by atoms with E-state index >= 15 is 0 Å². The molecular formula is C18H20N2O5. The van der Waals surface area contributed by atoms with Gasteiger partial charge in [-0.25, -0.2) is 0 Å². The summed E-state index contributed by atoms with van der Waals surface area (Å²) in [6.45, 7) is 1.48. The summed E-state index contributed by atoms with van der Waals surface area (Å²) in [5.41, 5.74) is 0.476. The van der Waals surface area contributed by atoms with Gasteiger partial charge in [-0.15, -0.1) is 0 Å². The average Bonchev–Trinajstić information content (AvgIpc) is 2.67. The Morgan fingerprint density at radius 2 is 2.32 bits per heavy atom. The Hall–Kier alpha value is -2.67. The maximum atomic E-state index is 12.6. The van der Waals surface area contributed by atoms with Crippen LogP contribution in [0.4, 0.5) is 0 Å². The Morgan fingerprint density at radius 3 is 3.04 bits per heavy atom. The molecule has 2 aromatic heterocycles. The average molecular weight is 344 g/mol. The quantitative estimate of drug-likeness (QED) is 0.823. The first-order valence-electron chi connectivity index (χ1n) is 8.15. The van der Waals surface area contributed by atoms with Gasteiger partial charge in [-0.2, -0.15) is 0 Å². The Balaban J connectivity index is 1.61. The molecular weight excluding hydrogens is 324 g/mol. The molecule has 2 aromatic rings. The van der Waals surface area contributed by atoms with Crippen LogP contribution in [0.15, 0.2) is 45.9 Å². The van der Waals surface area contributed by atoms with Crippen molar-refractivity contribution in [1.82, 2.24) is 9.88 Å². The highest BCUT2D eigenvalue weighted by Crippen LogP contribution is 2.17. The van der Waals surface area contributed by atoms with Gasteiger partial charge in [0.15, 0.2) is 5.76 Å². The lowest BCUT2D eigenvalue weighted by atomic mass is 10.1. The van der Waals surface area contributed by atoms with Crippen molar-refractivity contribution in [3.63, 3.8) is 0 Å². The van der Waals surface area contributed by atoms with Gasteiger partial charge in [-0.05, 0) is 25.0 Å². The molecule has 0 bridgehead atoms. The molecule has 0 aromatic carbocycles. The van der Waals surface area contributed by atoms with E-state index in [2.05, 4.69) is 4.98 Å². The first-order chi connectivity index (χ1) is 12.2. The minimum atomic E-state index is -0.378. The Labute approximate surface area is 145 Å². The van der Waals surface area contributed by atoms with E-state index in [1.165, 1.54) is 13.2 Å². The molecule has 1 amide bonds. The number of hydrogen-bond donors (Lipinski definition) is 0. The summed E-state index contributed by atoms with van der Waals surface area (Å²) >= 11 is 0. The van der Waals surface area contributed by atoms with Gasteiger partial charge in [-0.1, -0.05) is 6.07 Å². The van der Waals surface area contributed by atoms with Crippen LogP contribution < -0.4 is 10.2 Å². The number of carbonyl (C=O) groups excluding carboxylic acids is 1. The number of amides is 1. The molecule has 0 radical (unpaired) electrons. The summed E-state index contributed by atoms with van der Waals surface area (Å²) in [6.07, 6.45) is 4.53. The van der Waals surface area contributed by atoms with Crippen LogP contribution in [0.2, 0.25) is 0 Å². The summed E-state index contributed by atoms with van der Waals surface area (Å²) < 4.78 is 16.0. The lowest BCUT2D eigenvalue weighted by Crippen LogP contribution is -2.43. The highest BCUT2D eigenvalue weighted by atomic mass is 16.5. The molecule has 1 saturated heterocycles. The first-order valence-corrected chi connectivity index (χ1v) is 8.15. The highest BCUT2D eigenvalue weighted by molar-refractivity contribution is 5.91. The topological polar surface area (TPSA) is 81.9 Å². The van der Waals surface area contributed by atoms with E-state index in [-0.39, 0.29) is 28.9 Å². The lowest BCUT2D eigenvalue weighted by Gasteiger charge is -2.32. The van der Waals surface area contributed by atoms with E-state index in [9.17, 15) is 9.59 Å². The number of aromatic nitrogens is 1. The molecule has 0 saturated carbocycles. The normalized spacial score (nSPS) is 17.3. The molecule has 7 nitrogen and oxygen atoms in total. The zero-order valence-electron chi connectivity index (χ0n) is 14.0. The standard InChI is InChI=1S/C18H20N2O5/c1-23-17-12-25-16(9-15(17)21)18(22)20-8-4-6-14(10-20)24-11-13-5-2-3-7-19-13/h2-3,5,7,9,12,14H,4,6,8,10-11H2,1H3. The van der Waals surface area contributed by atoms with Gasteiger partial charge < -0.3 is 18.8 Å². The maximum absolute atomic E-state index is 12.6. The lowest BCUT2D eigenvalue weighted by molar-refractivity contribution is -0.00871. The number of rotatable bonds is 5. The molecule has 1 unspecified atom stereocenters. The number of hydrogen-bond acceptors (Lipinski definition) is 6. The first kappa shape index (κ1) is 17.2. The molecule has 1 aliphatic heterocycles. The fraction of sp³-hybridized carbons (Fsp3) is 0.389. The molecule has 7 heteroatoms. The number of carbonyl (C=O) groups is 1. The Kier molecular flexibility index (Phi) is 5.45. The summed E-state index contributed by atoms with van der Waals surface area (Å²) in [5, 5.41) is 0. The van der Waals surface area contributed by atoms with Crippen molar-refractivity contribution in [1.29, 1.82) is 0 Å². The van der Waals surface area contributed by atoms with Crippen LogP contribution in [0.1, 0.15) is 29.1 Å². The summed E-state index contributed by atoms with van der Waals surface area (Å²) in [7, 11) is 1.38. The monoisotopic (exact) mass is 344 g/mol.